The van der Waals surface area contributed by atoms with Crippen LogP contribution in [0.4, 0.5) is 0 Å². The van der Waals surface area contributed by atoms with Crippen molar-refractivity contribution in [2.45, 2.75) is 52.6 Å². The van der Waals surface area contributed by atoms with Gasteiger partial charge in [0.25, 0.3) is 0 Å². The van der Waals surface area contributed by atoms with Gasteiger partial charge >= 0.3 is 0 Å². The lowest BCUT2D eigenvalue weighted by Gasteiger charge is -2.52. The fourth-order valence-corrected chi connectivity index (χ4v) is 3.30. The number of aliphatic hydroxyl groups excluding tert-OH is 2. The maximum Gasteiger partial charge on any atom is 0.0618 e. The third kappa shape index (κ3) is 2.26. The predicted molar refractivity (Wildman–Crippen MR) is 65.8 cm³/mol. The van der Waals surface area contributed by atoms with E-state index in [0.29, 0.717) is 0 Å². The van der Waals surface area contributed by atoms with Gasteiger partial charge in [-0.3, -0.25) is 0 Å². The van der Waals surface area contributed by atoms with E-state index in [2.05, 4.69) is 19.8 Å². The topological polar surface area (TPSA) is 40.5 Å². The molecule has 92 valence electrons. The van der Waals surface area contributed by atoms with Crippen molar-refractivity contribution in [3.05, 3.63) is 0 Å². The Labute approximate surface area is 99.1 Å². The highest BCUT2D eigenvalue weighted by Gasteiger charge is 2.50. The maximum absolute atomic E-state index is 10.1. The van der Waals surface area contributed by atoms with Crippen molar-refractivity contribution in [1.82, 2.24) is 0 Å². The summed E-state index contributed by atoms with van der Waals surface area (Å²) in [5, 5.41) is 19.7. The summed E-state index contributed by atoms with van der Waals surface area (Å²) in [5.41, 5.74) is -0.258. The molecule has 0 aliphatic heterocycles. The Morgan fingerprint density at radius 2 is 2.00 bits per heavy atom. The van der Waals surface area contributed by atoms with Crippen LogP contribution in [0.2, 0.25) is 0 Å². The first-order valence-corrected chi connectivity index (χ1v) is 6.11. The number of hydrogen-bond acceptors (Lipinski definition) is 2. The van der Waals surface area contributed by atoms with E-state index >= 15 is 0 Å². The first-order valence-electron chi connectivity index (χ1n) is 6.11. The van der Waals surface area contributed by atoms with Crippen molar-refractivity contribution in [3.63, 3.8) is 0 Å². The molecule has 0 aromatic heterocycles. The zero-order valence-corrected chi connectivity index (χ0v) is 10.7. The molecule has 0 amide bonds. The molecular weight excluding hydrogens is 200 g/mol. The van der Waals surface area contributed by atoms with Gasteiger partial charge in [-0.2, -0.15) is 0 Å². The quantitative estimate of drug-likeness (QED) is 0.721. The SMILES string of the molecule is C#CCC[C@H]1C(C)(C)CC[C@@H](O)[C@@]1(C)CO. The monoisotopic (exact) mass is 224 g/mol. The average molecular weight is 224 g/mol. The molecule has 0 bridgehead atoms. The lowest BCUT2D eigenvalue weighted by molar-refractivity contribution is -0.124. The Kier molecular flexibility index (Phi) is 4.04. The van der Waals surface area contributed by atoms with Crippen molar-refractivity contribution < 1.29 is 10.2 Å². The summed E-state index contributed by atoms with van der Waals surface area (Å²) in [6.07, 6.45) is 8.29. The molecule has 0 aromatic rings. The van der Waals surface area contributed by atoms with E-state index < -0.39 is 11.5 Å². The van der Waals surface area contributed by atoms with Gasteiger partial charge in [0.15, 0.2) is 0 Å². The average Bonchev–Trinajstić information content (AvgIpc) is 2.24. The minimum Gasteiger partial charge on any atom is -0.396 e. The lowest BCUT2D eigenvalue weighted by Crippen LogP contribution is -2.52. The number of hydrogen-bond donors (Lipinski definition) is 2. The van der Waals surface area contributed by atoms with E-state index in [4.69, 9.17) is 6.42 Å². The summed E-state index contributed by atoms with van der Waals surface area (Å²) < 4.78 is 0. The van der Waals surface area contributed by atoms with Crippen LogP contribution in [0.25, 0.3) is 0 Å². The Hall–Kier alpha value is -0.520. The Morgan fingerprint density at radius 3 is 2.50 bits per heavy atom. The number of aliphatic hydroxyl groups is 2. The molecule has 0 aromatic carbocycles. The number of terminal acetylenes is 1. The highest BCUT2D eigenvalue weighted by molar-refractivity contribution is 5.01. The van der Waals surface area contributed by atoms with Gasteiger partial charge in [0.2, 0.25) is 0 Å². The van der Waals surface area contributed by atoms with Gasteiger partial charge < -0.3 is 10.2 Å². The van der Waals surface area contributed by atoms with Gasteiger partial charge in [0, 0.05) is 11.8 Å². The summed E-state index contributed by atoms with van der Waals surface area (Å²) in [5.74, 6) is 2.95. The molecule has 2 N–H and O–H groups in total. The van der Waals surface area contributed by atoms with Gasteiger partial charge in [0.1, 0.15) is 0 Å². The molecule has 2 nitrogen and oxygen atoms in total. The van der Waals surface area contributed by atoms with E-state index in [0.717, 1.165) is 25.7 Å². The summed E-state index contributed by atoms with van der Waals surface area (Å²) in [6, 6.07) is 0. The molecule has 0 radical (unpaired) electrons. The van der Waals surface area contributed by atoms with Crippen LogP contribution in [-0.2, 0) is 0 Å². The van der Waals surface area contributed by atoms with Crippen LogP contribution in [-0.4, -0.2) is 22.9 Å². The maximum atomic E-state index is 10.1. The highest BCUT2D eigenvalue weighted by atomic mass is 16.3. The molecule has 3 atom stereocenters. The Bertz CT molecular complexity index is 277. The third-order valence-electron chi connectivity index (χ3n) is 4.48. The van der Waals surface area contributed by atoms with Crippen molar-refractivity contribution in [2.75, 3.05) is 6.61 Å². The summed E-state index contributed by atoms with van der Waals surface area (Å²) in [4.78, 5) is 0. The zero-order chi connectivity index (χ0) is 12.4. The molecule has 0 unspecified atom stereocenters. The molecule has 16 heavy (non-hydrogen) atoms. The van der Waals surface area contributed by atoms with Crippen LogP contribution in [0.1, 0.15) is 46.5 Å². The fraction of sp³-hybridized carbons (Fsp3) is 0.857. The smallest absolute Gasteiger partial charge is 0.0618 e. The Balaban J connectivity index is 2.95. The molecule has 1 fully saturated rings. The van der Waals surface area contributed by atoms with Gasteiger partial charge in [-0.1, -0.05) is 20.8 Å². The zero-order valence-electron chi connectivity index (χ0n) is 10.7. The molecule has 0 spiro atoms. The van der Waals surface area contributed by atoms with Crippen LogP contribution in [0.3, 0.4) is 0 Å². The van der Waals surface area contributed by atoms with Crippen molar-refractivity contribution >= 4 is 0 Å². The molecule has 1 aliphatic rings. The number of rotatable bonds is 3. The van der Waals surface area contributed by atoms with Gasteiger partial charge in [-0.05, 0) is 30.6 Å². The lowest BCUT2D eigenvalue weighted by atomic mass is 9.54. The van der Waals surface area contributed by atoms with E-state index in [1.807, 2.05) is 6.92 Å². The standard InChI is InChI=1S/C14H24O2/c1-5-6-7-11-13(2,3)9-8-12(16)14(11,4)10-15/h1,11-12,15-16H,6-10H2,2-4H3/t11-,12+,14-/m0/s1. The highest BCUT2D eigenvalue weighted by Crippen LogP contribution is 2.52. The van der Waals surface area contributed by atoms with Crippen LogP contribution < -0.4 is 0 Å². The first kappa shape index (κ1) is 13.5. The second-order valence-electron chi connectivity index (χ2n) is 6.00. The molecule has 0 heterocycles. The van der Waals surface area contributed by atoms with Gasteiger partial charge in [-0.25, -0.2) is 0 Å². The second-order valence-corrected chi connectivity index (χ2v) is 6.00. The minimum atomic E-state index is -0.409. The summed E-state index contributed by atoms with van der Waals surface area (Å²) >= 11 is 0. The molecule has 1 rings (SSSR count). The Morgan fingerprint density at radius 1 is 1.38 bits per heavy atom. The van der Waals surface area contributed by atoms with Gasteiger partial charge in [0.05, 0.1) is 12.7 Å². The molecule has 1 aliphatic carbocycles. The van der Waals surface area contributed by atoms with Crippen molar-refractivity contribution in [2.24, 2.45) is 16.7 Å². The predicted octanol–water partition coefficient (Wildman–Crippen LogP) is 2.20. The van der Waals surface area contributed by atoms with E-state index in [9.17, 15) is 10.2 Å². The molecule has 1 saturated carbocycles. The first-order chi connectivity index (χ1) is 7.38. The third-order valence-corrected chi connectivity index (χ3v) is 4.48. The van der Waals surface area contributed by atoms with E-state index in [1.54, 1.807) is 0 Å². The van der Waals surface area contributed by atoms with Crippen LogP contribution in [0.5, 0.6) is 0 Å². The largest absolute Gasteiger partial charge is 0.396 e. The van der Waals surface area contributed by atoms with Crippen LogP contribution >= 0.6 is 0 Å². The van der Waals surface area contributed by atoms with Crippen molar-refractivity contribution in [3.8, 4) is 12.3 Å². The van der Waals surface area contributed by atoms with E-state index in [-0.39, 0.29) is 17.9 Å². The molecule has 2 heteroatoms. The summed E-state index contributed by atoms with van der Waals surface area (Å²) in [6.45, 7) is 6.45. The summed E-state index contributed by atoms with van der Waals surface area (Å²) in [7, 11) is 0. The second kappa shape index (κ2) is 4.77. The van der Waals surface area contributed by atoms with Crippen LogP contribution in [0.15, 0.2) is 0 Å². The molecule has 0 saturated heterocycles. The van der Waals surface area contributed by atoms with Gasteiger partial charge in [-0.15, -0.1) is 12.3 Å². The normalized spacial score (nSPS) is 38.0. The van der Waals surface area contributed by atoms with Crippen molar-refractivity contribution in [1.29, 1.82) is 0 Å². The minimum absolute atomic E-state index is 0.0346. The van der Waals surface area contributed by atoms with E-state index in [1.165, 1.54) is 0 Å². The molecular formula is C14H24O2. The van der Waals surface area contributed by atoms with Crippen LogP contribution in [0, 0.1) is 29.1 Å². The fourth-order valence-electron chi connectivity index (χ4n) is 3.30.